The van der Waals surface area contributed by atoms with Crippen molar-refractivity contribution in [2.75, 3.05) is 6.26 Å². The molecule has 3 rings (SSSR count). The van der Waals surface area contributed by atoms with Crippen LogP contribution in [0.25, 0.3) is 0 Å². The van der Waals surface area contributed by atoms with Crippen LogP contribution in [0.15, 0.2) is 65.6 Å². The fraction of sp³-hybridized carbons (Fsp3) is 0.192. The molecule has 0 unspecified atom stereocenters. The number of nitrogens with one attached hydrogen (secondary N) is 1. The summed E-state index contributed by atoms with van der Waals surface area (Å²) in [5.41, 5.74) is 1.36. The molecule has 0 bridgehead atoms. The number of carbonyl (C=O) groups is 3. The maximum atomic E-state index is 12.9. The second-order valence-electron chi connectivity index (χ2n) is 8.35. The molecule has 0 aromatic heterocycles. The largest absolute Gasteiger partial charge is 0.480 e. The first-order valence-corrected chi connectivity index (χ1v) is 14.0. The number of halogens is 3. The highest BCUT2D eigenvalue weighted by Gasteiger charge is 2.25. The lowest BCUT2D eigenvalue weighted by molar-refractivity contribution is -0.139. The van der Waals surface area contributed by atoms with E-state index in [4.69, 9.17) is 34.8 Å². The molecule has 0 heterocycles. The highest BCUT2D eigenvalue weighted by molar-refractivity contribution is 7.90. The zero-order valence-corrected chi connectivity index (χ0v) is 22.6. The molecule has 1 amide bonds. The van der Waals surface area contributed by atoms with Gasteiger partial charge in [-0.25, -0.2) is 13.2 Å². The first kappa shape index (κ1) is 28.7. The quantitative estimate of drug-likeness (QED) is 0.314. The number of aliphatic carboxylic acids is 1. The number of carboxylic acids is 1. The van der Waals surface area contributed by atoms with Gasteiger partial charge >= 0.3 is 5.97 Å². The average Bonchev–Trinajstić information content (AvgIpc) is 2.82. The van der Waals surface area contributed by atoms with Crippen molar-refractivity contribution in [3.63, 3.8) is 0 Å². The summed E-state index contributed by atoms with van der Waals surface area (Å²) < 4.78 is 23.6. The second-order valence-corrected chi connectivity index (χ2v) is 11.6. The van der Waals surface area contributed by atoms with Gasteiger partial charge in [0.25, 0.3) is 5.91 Å². The van der Waals surface area contributed by atoms with Crippen molar-refractivity contribution in [2.24, 2.45) is 0 Å². The molecule has 3 aromatic carbocycles. The normalized spacial score (nSPS) is 12.1. The van der Waals surface area contributed by atoms with E-state index < -0.39 is 27.8 Å². The lowest BCUT2D eigenvalue weighted by Crippen LogP contribution is -2.42. The van der Waals surface area contributed by atoms with E-state index in [-0.39, 0.29) is 44.7 Å². The smallest absolute Gasteiger partial charge is 0.326 e. The van der Waals surface area contributed by atoms with E-state index in [9.17, 15) is 27.9 Å². The Morgan fingerprint density at radius 1 is 0.919 bits per heavy atom. The minimum Gasteiger partial charge on any atom is -0.480 e. The van der Waals surface area contributed by atoms with Crippen LogP contribution >= 0.6 is 34.8 Å². The number of sulfone groups is 1. The van der Waals surface area contributed by atoms with Gasteiger partial charge in [0.15, 0.2) is 15.6 Å². The monoisotopic (exact) mass is 581 g/mol. The second kappa shape index (κ2) is 12.1. The van der Waals surface area contributed by atoms with Gasteiger partial charge in [0, 0.05) is 29.7 Å². The van der Waals surface area contributed by atoms with Crippen LogP contribution in [0.5, 0.6) is 0 Å². The Balaban J connectivity index is 1.74. The molecule has 0 aliphatic carbocycles. The van der Waals surface area contributed by atoms with Crippen LogP contribution in [-0.4, -0.2) is 43.5 Å². The predicted molar refractivity (Wildman–Crippen MR) is 143 cm³/mol. The Kier molecular flexibility index (Phi) is 9.36. The van der Waals surface area contributed by atoms with Crippen LogP contribution < -0.4 is 5.32 Å². The van der Waals surface area contributed by atoms with Crippen molar-refractivity contribution in [1.29, 1.82) is 0 Å². The highest BCUT2D eigenvalue weighted by Crippen LogP contribution is 2.28. The van der Waals surface area contributed by atoms with Gasteiger partial charge in [0.05, 0.1) is 20.5 Å². The van der Waals surface area contributed by atoms with Gasteiger partial charge in [-0.05, 0) is 53.9 Å². The summed E-state index contributed by atoms with van der Waals surface area (Å²) in [4.78, 5) is 37.4. The van der Waals surface area contributed by atoms with Crippen LogP contribution in [0.4, 0.5) is 0 Å². The molecule has 194 valence electrons. The lowest BCUT2D eigenvalue weighted by Gasteiger charge is -2.17. The van der Waals surface area contributed by atoms with Gasteiger partial charge in [-0.1, -0.05) is 59.1 Å². The number of carboxylic acid groups (broad SMARTS) is 1. The Labute approximate surface area is 229 Å². The summed E-state index contributed by atoms with van der Waals surface area (Å²) >= 11 is 18.4. The van der Waals surface area contributed by atoms with Crippen LogP contribution in [-0.2, 0) is 27.5 Å². The number of amides is 1. The van der Waals surface area contributed by atoms with E-state index in [0.717, 1.165) is 11.8 Å². The van der Waals surface area contributed by atoms with E-state index in [2.05, 4.69) is 5.32 Å². The summed E-state index contributed by atoms with van der Waals surface area (Å²) in [6, 6.07) is 14.1. The van der Waals surface area contributed by atoms with Crippen molar-refractivity contribution in [1.82, 2.24) is 5.32 Å². The molecule has 7 nitrogen and oxygen atoms in total. The number of ketones is 1. The summed E-state index contributed by atoms with van der Waals surface area (Å²) in [6.07, 6.45) is 1.50. The number of hydrogen-bond donors (Lipinski definition) is 2. The molecule has 0 aliphatic rings. The number of rotatable bonds is 10. The molecule has 0 saturated carbocycles. The van der Waals surface area contributed by atoms with E-state index in [0.29, 0.717) is 17.0 Å². The molecule has 0 saturated heterocycles. The van der Waals surface area contributed by atoms with Crippen molar-refractivity contribution < 1.29 is 27.9 Å². The van der Waals surface area contributed by atoms with Crippen molar-refractivity contribution in [3.05, 3.63) is 98.0 Å². The molecule has 0 radical (unpaired) electrons. The van der Waals surface area contributed by atoms with Gasteiger partial charge in [-0.15, -0.1) is 0 Å². The number of benzene rings is 3. The summed E-state index contributed by atoms with van der Waals surface area (Å²) in [5.74, 6) is -2.42. The van der Waals surface area contributed by atoms with E-state index in [1.807, 2.05) is 12.1 Å². The molecule has 0 fully saturated rings. The molecular formula is C26H22Cl3NO6S. The van der Waals surface area contributed by atoms with Crippen molar-refractivity contribution >= 4 is 62.3 Å². The zero-order valence-electron chi connectivity index (χ0n) is 19.5. The third-order valence-electron chi connectivity index (χ3n) is 5.51. The van der Waals surface area contributed by atoms with Gasteiger partial charge in [-0.3, -0.25) is 9.59 Å². The molecule has 0 aliphatic heterocycles. The Morgan fingerprint density at radius 3 is 2.11 bits per heavy atom. The molecule has 37 heavy (non-hydrogen) atoms. The maximum absolute atomic E-state index is 12.9. The highest BCUT2D eigenvalue weighted by atomic mass is 35.5. The molecule has 11 heteroatoms. The van der Waals surface area contributed by atoms with Crippen LogP contribution in [0.1, 0.15) is 38.3 Å². The molecule has 2 N–H and O–H groups in total. The molecule has 1 atom stereocenters. The minimum absolute atomic E-state index is 0.0304. The minimum atomic E-state index is -3.49. The lowest BCUT2D eigenvalue weighted by atomic mass is 10.0. The Hall–Kier alpha value is -2.91. The first-order valence-electron chi connectivity index (χ1n) is 10.9. The number of hydrogen-bond acceptors (Lipinski definition) is 5. The van der Waals surface area contributed by atoms with Gasteiger partial charge in [0.1, 0.15) is 6.04 Å². The van der Waals surface area contributed by atoms with Crippen molar-refractivity contribution in [2.45, 2.75) is 30.2 Å². The third-order valence-corrected chi connectivity index (χ3v) is 7.47. The van der Waals surface area contributed by atoms with E-state index >= 15 is 0 Å². The fourth-order valence-electron chi connectivity index (χ4n) is 3.57. The number of carbonyl (C=O) groups excluding carboxylic acids is 2. The van der Waals surface area contributed by atoms with Gasteiger partial charge in [0.2, 0.25) is 0 Å². The zero-order chi connectivity index (χ0) is 27.3. The van der Waals surface area contributed by atoms with Crippen molar-refractivity contribution in [3.8, 4) is 0 Å². The van der Waals surface area contributed by atoms with Crippen LogP contribution in [0, 0.1) is 0 Å². The van der Waals surface area contributed by atoms with Crippen LogP contribution in [0.3, 0.4) is 0 Å². The van der Waals surface area contributed by atoms with Gasteiger partial charge < -0.3 is 10.4 Å². The summed E-state index contributed by atoms with van der Waals surface area (Å²) in [5, 5.41) is 12.4. The SMILES string of the molecule is CS(=O)(=O)c1cccc(C[C@H](NC(=O)c2c(Cl)cc(C(=O)CCc3ccc(Cl)cc3)cc2Cl)C(=O)O)c1. The topological polar surface area (TPSA) is 118 Å². The Bertz CT molecular complexity index is 1430. The van der Waals surface area contributed by atoms with Crippen LogP contribution in [0.2, 0.25) is 15.1 Å². The average molecular weight is 583 g/mol. The summed E-state index contributed by atoms with van der Waals surface area (Å²) in [6.45, 7) is 0. The predicted octanol–water partition coefficient (Wildman–Crippen LogP) is 5.29. The molecule has 3 aromatic rings. The maximum Gasteiger partial charge on any atom is 0.326 e. The first-order chi connectivity index (χ1) is 17.3. The standard InChI is InChI=1S/C26H22Cl3NO6S/c1-37(35,36)19-4-2-3-16(11-19)12-22(26(33)34)30-25(32)24-20(28)13-17(14-21(24)29)23(31)10-7-15-5-8-18(27)9-6-15/h2-6,8-9,11,13-14,22H,7,10,12H2,1H3,(H,30,32)(H,33,34)/t22-/m0/s1. The third kappa shape index (κ3) is 7.79. The summed E-state index contributed by atoms with van der Waals surface area (Å²) in [7, 11) is -3.49. The fourth-order valence-corrected chi connectivity index (χ4v) is 5.05. The molecule has 0 spiro atoms. The van der Waals surface area contributed by atoms with Gasteiger partial charge in [-0.2, -0.15) is 0 Å². The molecular weight excluding hydrogens is 561 g/mol. The van der Waals surface area contributed by atoms with E-state index in [1.165, 1.54) is 30.3 Å². The Morgan fingerprint density at radius 2 is 1.54 bits per heavy atom. The van der Waals surface area contributed by atoms with E-state index in [1.54, 1.807) is 18.2 Å². The number of Topliss-reactive ketones (excluding diaryl/α,β-unsaturated/α-hetero) is 1. The number of aryl methyl sites for hydroxylation is 1.